The molecule has 2 rings (SSSR count). The molecule has 110 valence electrons. The van der Waals surface area contributed by atoms with Gasteiger partial charge in [0.25, 0.3) is 0 Å². The van der Waals surface area contributed by atoms with Gasteiger partial charge in [-0.1, -0.05) is 43.3 Å². The second kappa shape index (κ2) is 7.48. The molecule has 0 spiro atoms. The maximum atomic E-state index is 12.0. The highest BCUT2D eigenvalue weighted by molar-refractivity contribution is 5.91. The van der Waals surface area contributed by atoms with Gasteiger partial charge in [0.15, 0.2) is 0 Å². The van der Waals surface area contributed by atoms with Crippen LogP contribution >= 0.6 is 0 Å². The van der Waals surface area contributed by atoms with Crippen molar-refractivity contribution in [1.29, 1.82) is 0 Å². The zero-order chi connectivity index (χ0) is 15.1. The minimum absolute atomic E-state index is 0.0236. The van der Waals surface area contributed by atoms with Crippen molar-refractivity contribution in [3.63, 3.8) is 0 Å². The van der Waals surface area contributed by atoms with Crippen LogP contribution in [-0.2, 0) is 11.2 Å². The molecule has 0 radical (unpaired) electrons. The normalized spacial score (nSPS) is 10.2. The SMILES string of the molecule is CCc1ccccc1NC(=O)CCOc1ccccc1C. The Kier molecular flexibility index (Phi) is 5.38. The molecule has 0 aliphatic rings. The molecular formula is C18H21NO2. The molecule has 0 aliphatic heterocycles. The van der Waals surface area contributed by atoms with Crippen molar-refractivity contribution in [1.82, 2.24) is 0 Å². The third kappa shape index (κ3) is 4.35. The van der Waals surface area contributed by atoms with Crippen LogP contribution in [0.3, 0.4) is 0 Å². The number of rotatable bonds is 6. The summed E-state index contributed by atoms with van der Waals surface area (Å²) in [5.41, 5.74) is 3.11. The van der Waals surface area contributed by atoms with Crippen LogP contribution in [0.2, 0.25) is 0 Å². The summed E-state index contributed by atoms with van der Waals surface area (Å²) in [6, 6.07) is 15.7. The quantitative estimate of drug-likeness (QED) is 0.871. The summed E-state index contributed by atoms with van der Waals surface area (Å²) >= 11 is 0. The van der Waals surface area contributed by atoms with E-state index >= 15 is 0 Å². The molecule has 3 nitrogen and oxygen atoms in total. The Morgan fingerprint density at radius 3 is 2.57 bits per heavy atom. The van der Waals surface area contributed by atoms with E-state index in [-0.39, 0.29) is 5.91 Å². The van der Waals surface area contributed by atoms with E-state index in [0.717, 1.165) is 29.0 Å². The first-order valence-corrected chi connectivity index (χ1v) is 7.27. The van der Waals surface area contributed by atoms with E-state index < -0.39 is 0 Å². The van der Waals surface area contributed by atoms with Crippen LogP contribution < -0.4 is 10.1 Å². The molecular weight excluding hydrogens is 262 g/mol. The lowest BCUT2D eigenvalue weighted by Crippen LogP contribution is -2.16. The Morgan fingerprint density at radius 2 is 1.81 bits per heavy atom. The van der Waals surface area contributed by atoms with Crippen molar-refractivity contribution in [2.24, 2.45) is 0 Å². The number of benzene rings is 2. The maximum absolute atomic E-state index is 12.0. The number of hydrogen-bond acceptors (Lipinski definition) is 2. The first-order chi connectivity index (χ1) is 10.2. The predicted octanol–water partition coefficient (Wildman–Crippen LogP) is 3.97. The number of amides is 1. The van der Waals surface area contributed by atoms with Gasteiger partial charge >= 0.3 is 0 Å². The molecule has 0 atom stereocenters. The van der Waals surface area contributed by atoms with E-state index in [1.54, 1.807) is 0 Å². The molecule has 0 heterocycles. The molecule has 0 saturated carbocycles. The van der Waals surface area contributed by atoms with Gasteiger partial charge in [-0.3, -0.25) is 4.79 Å². The van der Waals surface area contributed by atoms with Crippen LogP contribution in [-0.4, -0.2) is 12.5 Å². The van der Waals surface area contributed by atoms with Crippen molar-refractivity contribution in [2.45, 2.75) is 26.7 Å². The standard InChI is InChI=1S/C18H21NO2/c1-3-15-9-5-6-10-16(15)19-18(20)12-13-21-17-11-7-4-8-14(17)2/h4-11H,3,12-13H2,1-2H3,(H,19,20). The van der Waals surface area contributed by atoms with Crippen LogP contribution in [0, 0.1) is 6.92 Å². The van der Waals surface area contributed by atoms with Gasteiger partial charge in [-0.2, -0.15) is 0 Å². The molecule has 0 saturated heterocycles. The van der Waals surface area contributed by atoms with Crippen LogP contribution in [0.4, 0.5) is 5.69 Å². The van der Waals surface area contributed by atoms with Crippen molar-refractivity contribution in [3.8, 4) is 5.75 Å². The van der Waals surface area contributed by atoms with E-state index in [1.165, 1.54) is 0 Å². The number of aryl methyl sites for hydroxylation is 2. The smallest absolute Gasteiger partial charge is 0.227 e. The molecule has 0 unspecified atom stereocenters. The summed E-state index contributed by atoms with van der Waals surface area (Å²) in [6.45, 7) is 4.45. The van der Waals surface area contributed by atoms with Crippen molar-refractivity contribution < 1.29 is 9.53 Å². The molecule has 0 fully saturated rings. The Morgan fingerprint density at radius 1 is 1.10 bits per heavy atom. The first kappa shape index (κ1) is 15.1. The average molecular weight is 283 g/mol. The van der Waals surface area contributed by atoms with Gasteiger partial charge < -0.3 is 10.1 Å². The zero-order valence-electron chi connectivity index (χ0n) is 12.6. The molecule has 1 amide bonds. The molecule has 0 bridgehead atoms. The minimum atomic E-state index is -0.0236. The summed E-state index contributed by atoms with van der Waals surface area (Å²) in [6.07, 6.45) is 1.24. The first-order valence-electron chi connectivity index (χ1n) is 7.27. The Labute approximate surface area is 126 Å². The minimum Gasteiger partial charge on any atom is -0.493 e. The highest BCUT2D eigenvalue weighted by atomic mass is 16.5. The Balaban J connectivity index is 1.84. The highest BCUT2D eigenvalue weighted by Gasteiger charge is 2.06. The summed E-state index contributed by atoms with van der Waals surface area (Å²) in [7, 11) is 0. The van der Waals surface area contributed by atoms with Gasteiger partial charge in [0, 0.05) is 5.69 Å². The number of ether oxygens (including phenoxy) is 1. The summed E-state index contributed by atoms with van der Waals surface area (Å²) in [5, 5.41) is 2.94. The monoisotopic (exact) mass is 283 g/mol. The lowest BCUT2D eigenvalue weighted by molar-refractivity contribution is -0.116. The van der Waals surface area contributed by atoms with Crippen molar-refractivity contribution >= 4 is 11.6 Å². The number of anilines is 1. The zero-order valence-corrected chi connectivity index (χ0v) is 12.6. The van der Waals surface area contributed by atoms with E-state index in [0.29, 0.717) is 13.0 Å². The predicted molar refractivity (Wildman–Crippen MR) is 85.7 cm³/mol. The summed E-state index contributed by atoms with van der Waals surface area (Å²) in [4.78, 5) is 12.0. The molecule has 1 N–H and O–H groups in total. The van der Waals surface area contributed by atoms with E-state index in [9.17, 15) is 4.79 Å². The van der Waals surface area contributed by atoms with Gasteiger partial charge in [-0.25, -0.2) is 0 Å². The second-order valence-electron chi connectivity index (χ2n) is 4.92. The van der Waals surface area contributed by atoms with Crippen LogP contribution in [0.5, 0.6) is 5.75 Å². The number of para-hydroxylation sites is 2. The summed E-state index contributed by atoms with van der Waals surface area (Å²) in [5.74, 6) is 0.809. The second-order valence-corrected chi connectivity index (χ2v) is 4.92. The number of carbonyl (C=O) groups is 1. The van der Waals surface area contributed by atoms with Gasteiger partial charge in [-0.05, 0) is 36.6 Å². The number of carbonyl (C=O) groups excluding carboxylic acids is 1. The third-order valence-electron chi connectivity index (χ3n) is 3.35. The average Bonchev–Trinajstić information content (AvgIpc) is 2.50. The van der Waals surface area contributed by atoms with Crippen molar-refractivity contribution in [2.75, 3.05) is 11.9 Å². The maximum Gasteiger partial charge on any atom is 0.227 e. The Bertz CT molecular complexity index is 608. The molecule has 0 aromatic heterocycles. The fourth-order valence-corrected chi connectivity index (χ4v) is 2.14. The topological polar surface area (TPSA) is 38.3 Å². The largest absolute Gasteiger partial charge is 0.493 e. The van der Waals surface area contributed by atoms with Crippen LogP contribution in [0.1, 0.15) is 24.5 Å². The van der Waals surface area contributed by atoms with E-state index in [1.807, 2.05) is 55.5 Å². The molecule has 3 heteroatoms. The molecule has 2 aromatic carbocycles. The fraction of sp³-hybridized carbons (Fsp3) is 0.278. The van der Waals surface area contributed by atoms with Crippen molar-refractivity contribution in [3.05, 3.63) is 59.7 Å². The van der Waals surface area contributed by atoms with Gasteiger partial charge in [-0.15, -0.1) is 0 Å². The number of hydrogen-bond donors (Lipinski definition) is 1. The number of nitrogens with one attached hydrogen (secondary N) is 1. The van der Waals surface area contributed by atoms with Crippen LogP contribution in [0.15, 0.2) is 48.5 Å². The van der Waals surface area contributed by atoms with Gasteiger partial charge in [0.1, 0.15) is 5.75 Å². The third-order valence-corrected chi connectivity index (χ3v) is 3.35. The van der Waals surface area contributed by atoms with Gasteiger partial charge in [0.05, 0.1) is 13.0 Å². The van der Waals surface area contributed by atoms with E-state index in [2.05, 4.69) is 12.2 Å². The molecule has 21 heavy (non-hydrogen) atoms. The summed E-state index contributed by atoms with van der Waals surface area (Å²) < 4.78 is 5.64. The van der Waals surface area contributed by atoms with E-state index in [4.69, 9.17) is 4.74 Å². The highest BCUT2D eigenvalue weighted by Crippen LogP contribution is 2.17. The fourth-order valence-electron chi connectivity index (χ4n) is 2.14. The lowest BCUT2D eigenvalue weighted by atomic mass is 10.1. The van der Waals surface area contributed by atoms with Crippen LogP contribution in [0.25, 0.3) is 0 Å². The van der Waals surface area contributed by atoms with Gasteiger partial charge in [0.2, 0.25) is 5.91 Å². The molecule has 2 aromatic rings. The molecule has 0 aliphatic carbocycles. The lowest BCUT2D eigenvalue weighted by Gasteiger charge is -2.11. The Hall–Kier alpha value is -2.29.